The van der Waals surface area contributed by atoms with E-state index in [2.05, 4.69) is 64.5 Å². The maximum atomic E-state index is 6.54. The second-order valence-corrected chi connectivity index (χ2v) is 10.0. The molecule has 10 heteroatoms. The molecule has 0 saturated carbocycles. The summed E-state index contributed by atoms with van der Waals surface area (Å²) in [5.74, 6) is 1.18. The van der Waals surface area contributed by atoms with Gasteiger partial charge >= 0.3 is 0 Å². The molecular weight excluding hydrogens is 510 g/mol. The third-order valence-corrected chi connectivity index (χ3v) is 7.58. The van der Waals surface area contributed by atoms with Crippen LogP contribution in [0.15, 0.2) is 53.3 Å². The first-order valence-corrected chi connectivity index (χ1v) is 12.2. The first-order chi connectivity index (χ1) is 15.7. The van der Waals surface area contributed by atoms with Gasteiger partial charge < -0.3 is 9.88 Å². The third-order valence-electron chi connectivity index (χ3n) is 5.69. The number of nitrogens with zero attached hydrogens (tertiary/aromatic N) is 5. The van der Waals surface area contributed by atoms with Crippen LogP contribution in [-0.2, 0) is 6.54 Å². The zero-order valence-corrected chi connectivity index (χ0v) is 19.9. The van der Waals surface area contributed by atoms with E-state index in [0.717, 1.165) is 62.5 Å². The smallest absolute Gasteiger partial charge is 0.210 e. The Bertz CT molecular complexity index is 1420. The first kappa shape index (κ1) is 19.9. The summed E-state index contributed by atoms with van der Waals surface area (Å²) in [5.41, 5.74) is 3.78. The van der Waals surface area contributed by atoms with E-state index in [-0.39, 0.29) is 5.92 Å². The van der Waals surface area contributed by atoms with Gasteiger partial charge in [-0.05, 0) is 37.1 Å². The van der Waals surface area contributed by atoms with E-state index in [9.17, 15) is 0 Å². The van der Waals surface area contributed by atoms with Gasteiger partial charge in [-0.3, -0.25) is 5.10 Å². The molecule has 6 rings (SSSR count). The minimum atomic E-state index is 0.132. The molecule has 1 unspecified atom stereocenters. The normalized spacial score (nSPS) is 15.8. The Labute approximate surface area is 201 Å². The zero-order valence-electron chi connectivity index (χ0n) is 16.7. The van der Waals surface area contributed by atoms with E-state index in [1.807, 2.05) is 24.3 Å². The highest BCUT2D eigenvalue weighted by Crippen LogP contribution is 2.38. The first-order valence-electron chi connectivity index (χ1n) is 10.2. The molecular formula is C22H17BrClN7S. The number of hydrogen-bond donors (Lipinski definition) is 2. The van der Waals surface area contributed by atoms with Crippen molar-refractivity contribution in [1.82, 2.24) is 29.9 Å². The molecule has 0 saturated heterocycles. The Kier molecular flexibility index (Phi) is 4.97. The van der Waals surface area contributed by atoms with Crippen LogP contribution in [-0.4, -0.2) is 29.9 Å². The van der Waals surface area contributed by atoms with Gasteiger partial charge in [0.1, 0.15) is 10.8 Å². The maximum Gasteiger partial charge on any atom is 0.210 e. The largest absolute Gasteiger partial charge is 0.334 e. The van der Waals surface area contributed by atoms with Gasteiger partial charge in [-0.1, -0.05) is 51.0 Å². The van der Waals surface area contributed by atoms with Gasteiger partial charge in [-0.2, -0.15) is 5.10 Å². The summed E-state index contributed by atoms with van der Waals surface area (Å²) in [7, 11) is 0. The van der Waals surface area contributed by atoms with E-state index in [1.165, 1.54) is 0 Å². The Balaban J connectivity index is 1.29. The molecule has 0 spiro atoms. The van der Waals surface area contributed by atoms with E-state index in [4.69, 9.17) is 16.6 Å². The van der Waals surface area contributed by atoms with Crippen LogP contribution in [0.4, 0.5) is 10.8 Å². The quantitative estimate of drug-likeness (QED) is 0.284. The van der Waals surface area contributed by atoms with Crippen molar-refractivity contribution in [3.05, 3.63) is 69.1 Å². The number of aromatic nitrogens is 6. The number of rotatable bonds is 4. The van der Waals surface area contributed by atoms with Crippen LogP contribution in [0.1, 0.15) is 29.6 Å². The van der Waals surface area contributed by atoms with Crippen LogP contribution >= 0.6 is 38.9 Å². The van der Waals surface area contributed by atoms with Crippen molar-refractivity contribution in [3.8, 4) is 11.3 Å². The molecule has 32 heavy (non-hydrogen) atoms. The van der Waals surface area contributed by atoms with Crippen LogP contribution in [0.3, 0.4) is 0 Å². The average Bonchev–Trinajstić information content (AvgIpc) is 3.55. The third kappa shape index (κ3) is 3.50. The van der Waals surface area contributed by atoms with Gasteiger partial charge in [0.05, 0.1) is 34.0 Å². The Morgan fingerprint density at radius 3 is 2.91 bits per heavy atom. The molecule has 0 amide bonds. The number of halogens is 2. The molecule has 7 nitrogen and oxygen atoms in total. The van der Waals surface area contributed by atoms with Crippen molar-refractivity contribution >= 4 is 60.6 Å². The minimum Gasteiger partial charge on any atom is -0.334 e. The lowest BCUT2D eigenvalue weighted by Crippen LogP contribution is -2.16. The predicted molar refractivity (Wildman–Crippen MR) is 131 cm³/mol. The molecule has 0 radical (unpaired) electrons. The molecule has 5 aromatic rings. The number of hydrogen-bond acceptors (Lipinski definition) is 6. The summed E-state index contributed by atoms with van der Waals surface area (Å²) in [5, 5.41) is 22.3. The fraction of sp³-hybridized carbons (Fsp3) is 0.182. The highest BCUT2D eigenvalue weighted by Gasteiger charge is 2.28. The monoisotopic (exact) mass is 525 g/mol. The van der Waals surface area contributed by atoms with Crippen molar-refractivity contribution in [2.45, 2.75) is 25.3 Å². The predicted octanol–water partition coefficient (Wildman–Crippen LogP) is 6.36. The molecule has 4 heterocycles. The molecule has 1 atom stereocenters. The van der Waals surface area contributed by atoms with E-state index in [1.54, 1.807) is 17.5 Å². The highest BCUT2D eigenvalue weighted by molar-refractivity contribution is 9.10. The van der Waals surface area contributed by atoms with Crippen molar-refractivity contribution < 1.29 is 0 Å². The molecule has 1 aliphatic heterocycles. The summed E-state index contributed by atoms with van der Waals surface area (Å²) < 4.78 is 3.31. The molecule has 3 aromatic heterocycles. The van der Waals surface area contributed by atoms with Crippen LogP contribution in [0.2, 0.25) is 5.02 Å². The summed E-state index contributed by atoms with van der Waals surface area (Å²) in [6.45, 7) is 0.972. The standard InChI is InChI=1S/C22H17BrClN7S/c23-13-5-3-12(4-6-13)18-11-31-9-1-2-14(20(31)26-18)21-29-30-22(32-21)27-17-8-7-16-15(19(17)24)10-25-28-16/h3-8,10-11,14H,1-2,9H2,(H,25,28)(H,27,30). The Morgan fingerprint density at radius 2 is 2.03 bits per heavy atom. The fourth-order valence-electron chi connectivity index (χ4n) is 4.10. The Morgan fingerprint density at radius 1 is 1.16 bits per heavy atom. The average molecular weight is 527 g/mol. The highest BCUT2D eigenvalue weighted by atomic mass is 79.9. The maximum absolute atomic E-state index is 6.54. The second kappa shape index (κ2) is 7.99. The fourth-order valence-corrected chi connectivity index (χ4v) is 5.51. The number of imidazole rings is 1. The van der Waals surface area contributed by atoms with Crippen molar-refractivity contribution in [2.24, 2.45) is 0 Å². The molecule has 160 valence electrons. The molecule has 1 aliphatic rings. The van der Waals surface area contributed by atoms with Gasteiger partial charge in [-0.15, -0.1) is 10.2 Å². The van der Waals surface area contributed by atoms with Gasteiger partial charge in [0, 0.05) is 28.2 Å². The van der Waals surface area contributed by atoms with Crippen molar-refractivity contribution in [2.75, 3.05) is 5.32 Å². The summed E-state index contributed by atoms with van der Waals surface area (Å²) in [6.07, 6.45) is 5.95. The minimum absolute atomic E-state index is 0.132. The number of aromatic amines is 1. The number of fused-ring (bicyclic) bond motifs is 2. The summed E-state index contributed by atoms with van der Waals surface area (Å²) in [6, 6.07) is 12.1. The topological polar surface area (TPSA) is 84.3 Å². The Hall–Kier alpha value is -2.75. The lowest BCUT2D eigenvalue weighted by Gasteiger charge is -2.20. The van der Waals surface area contributed by atoms with Crippen LogP contribution < -0.4 is 5.32 Å². The molecule has 0 aliphatic carbocycles. The second-order valence-electron chi connectivity index (χ2n) is 7.71. The van der Waals surface area contributed by atoms with E-state index >= 15 is 0 Å². The van der Waals surface area contributed by atoms with Crippen molar-refractivity contribution in [1.29, 1.82) is 0 Å². The lowest BCUT2D eigenvalue weighted by atomic mass is 10.00. The van der Waals surface area contributed by atoms with E-state index < -0.39 is 0 Å². The van der Waals surface area contributed by atoms with Crippen molar-refractivity contribution in [3.63, 3.8) is 0 Å². The number of anilines is 2. The molecule has 2 N–H and O–H groups in total. The number of aryl methyl sites for hydroxylation is 1. The van der Waals surface area contributed by atoms with Gasteiger partial charge in [0.2, 0.25) is 5.13 Å². The van der Waals surface area contributed by atoms with Crippen LogP contribution in [0.25, 0.3) is 22.2 Å². The number of H-pyrrole nitrogens is 1. The summed E-state index contributed by atoms with van der Waals surface area (Å²) >= 11 is 11.6. The lowest BCUT2D eigenvalue weighted by molar-refractivity contribution is 0.477. The van der Waals surface area contributed by atoms with Gasteiger partial charge in [0.15, 0.2) is 0 Å². The SMILES string of the molecule is Clc1c(Nc2nnc(C3CCCn4cc(-c5ccc(Br)cc5)nc43)s2)ccc2[nH]ncc12. The van der Waals surface area contributed by atoms with Gasteiger partial charge in [0.25, 0.3) is 0 Å². The number of benzene rings is 2. The molecule has 0 fully saturated rings. The van der Waals surface area contributed by atoms with Crippen LogP contribution in [0, 0.1) is 0 Å². The molecule has 2 aromatic carbocycles. The number of nitrogens with one attached hydrogen (secondary N) is 2. The molecule has 0 bridgehead atoms. The zero-order chi connectivity index (χ0) is 21.7. The van der Waals surface area contributed by atoms with Gasteiger partial charge in [-0.25, -0.2) is 4.98 Å². The summed E-state index contributed by atoms with van der Waals surface area (Å²) in [4.78, 5) is 4.98. The van der Waals surface area contributed by atoms with Crippen LogP contribution in [0.5, 0.6) is 0 Å². The van der Waals surface area contributed by atoms with E-state index in [0.29, 0.717) is 10.2 Å².